The second-order valence-corrected chi connectivity index (χ2v) is 5.16. The predicted octanol–water partition coefficient (Wildman–Crippen LogP) is 1.63. The number of aromatic carboxylic acids is 1. The summed E-state index contributed by atoms with van der Waals surface area (Å²) < 4.78 is 1.62. The second kappa shape index (κ2) is 4.73. The summed E-state index contributed by atoms with van der Waals surface area (Å²) >= 11 is 0. The lowest BCUT2D eigenvalue weighted by molar-refractivity contribution is 0.0696. The number of rotatable bonds is 2. The average molecular weight is 285 g/mol. The zero-order valence-electron chi connectivity index (χ0n) is 11.8. The Morgan fingerprint density at radius 2 is 2.10 bits per heavy atom. The maximum absolute atomic E-state index is 12.6. The largest absolute Gasteiger partial charge is 0.478 e. The van der Waals surface area contributed by atoms with Crippen molar-refractivity contribution in [1.29, 1.82) is 0 Å². The maximum Gasteiger partial charge on any atom is 0.335 e. The van der Waals surface area contributed by atoms with Gasteiger partial charge in [-0.2, -0.15) is 5.10 Å². The van der Waals surface area contributed by atoms with E-state index in [0.29, 0.717) is 24.2 Å². The van der Waals surface area contributed by atoms with E-state index in [-0.39, 0.29) is 11.5 Å². The van der Waals surface area contributed by atoms with Gasteiger partial charge in [-0.1, -0.05) is 0 Å². The van der Waals surface area contributed by atoms with E-state index in [2.05, 4.69) is 5.10 Å². The zero-order chi connectivity index (χ0) is 15.1. The van der Waals surface area contributed by atoms with Gasteiger partial charge in [0.05, 0.1) is 16.8 Å². The summed E-state index contributed by atoms with van der Waals surface area (Å²) in [6, 6.07) is 4.87. The number of nitrogens with zero attached hydrogens (tertiary/aromatic N) is 3. The van der Waals surface area contributed by atoms with E-state index >= 15 is 0 Å². The van der Waals surface area contributed by atoms with Gasteiger partial charge in [-0.15, -0.1) is 0 Å². The lowest BCUT2D eigenvalue weighted by Gasteiger charge is -2.16. The third kappa shape index (κ3) is 2.18. The van der Waals surface area contributed by atoms with E-state index < -0.39 is 5.97 Å². The maximum atomic E-state index is 12.6. The minimum atomic E-state index is -0.953. The Kier molecular flexibility index (Phi) is 3.01. The van der Waals surface area contributed by atoms with Crippen LogP contribution in [0.15, 0.2) is 24.4 Å². The average Bonchev–Trinajstić information content (AvgIpc) is 3.00. The van der Waals surface area contributed by atoms with Gasteiger partial charge in [0.2, 0.25) is 0 Å². The van der Waals surface area contributed by atoms with Crippen molar-refractivity contribution >= 4 is 17.6 Å². The van der Waals surface area contributed by atoms with E-state index in [9.17, 15) is 9.59 Å². The van der Waals surface area contributed by atoms with E-state index in [1.54, 1.807) is 41.9 Å². The van der Waals surface area contributed by atoms with Gasteiger partial charge in [-0.05, 0) is 37.1 Å². The van der Waals surface area contributed by atoms with Crippen molar-refractivity contribution in [3.05, 3.63) is 46.8 Å². The number of fused-ring (bicyclic) bond motifs is 1. The normalized spacial score (nSPS) is 13.3. The first kappa shape index (κ1) is 13.4. The summed E-state index contributed by atoms with van der Waals surface area (Å²) in [7, 11) is 1.78. The fourth-order valence-corrected chi connectivity index (χ4v) is 2.70. The number of carbonyl (C=O) groups excluding carboxylic acids is 1. The van der Waals surface area contributed by atoms with Gasteiger partial charge in [-0.25, -0.2) is 4.79 Å². The van der Waals surface area contributed by atoms with Crippen molar-refractivity contribution in [2.45, 2.75) is 13.3 Å². The highest BCUT2D eigenvalue weighted by Crippen LogP contribution is 2.30. The van der Waals surface area contributed by atoms with Crippen molar-refractivity contribution < 1.29 is 14.7 Å². The van der Waals surface area contributed by atoms with Gasteiger partial charge in [-0.3, -0.25) is 9.48 Å². The molecule has 0 radical (unpaired) electrons. The Morgan fingerprint density at radius 1 is 1.33 bits per heavy atom. The number of amides is 1. The first-order valence-corrected chi connectivity index (χ1v) is 6.65. The van der Waals surface area contributed by atoms with Crippen molar-refractivity contribution in [2.24, 2.45) is 7.05 Å². The quantitative estimate of drug-likeness (QED) is 0.910. The summed E-state index contributed by atoms with van der Waals surface area (Å²) in [6.45, 7) is 2.36. The summed E-state index contributed by atoms with van der Waals surface area (Å²) in [4.78, 5) is 25.3. The number of aromatic nitrogens is 2. The van der Waals surface area contributed by atoms with E-state index in [4.69, 9.17) is 5.11 Å². The van der Waals surface area contributed by atoms with Crippen molar-refractivity contribution in [3.63, 3.8) is 0 Å². The minimum Gasteiger partial charge on any atom is -0.478 e. The molecule has 0 fully saturated rings. The Hall–Kier alpha value is -2.63. The summed E-state index contributed by atoms with van der Waals surface area (Å²) in [6.07, 6.45) is 2.38. The molecule has 0 saturated heterocycles. The number of aryl methyl sites for hydroxylation is 2. The molecule has 1 aliphatic rings. The minimum absolute atomic E-state index is 0.0950. The number of carbonyl (C=O) groups is 2. The van der Waals surface area contributed by atoms with Crippen LogP contribution in [-0.4, -0.2) is 33.3 Å². The van der Waals surface area contributed by atoms with Gasteiger partial charge in [0.15, 0.2) is 0 Å². The molecule has 0 atom stereocenters. The Balaban J connectivity index is 1.96. The van der Waals surface area contributed by atoms with Gasteiger partial charge in [0.25, 0.3) is 5.91 Å². The highest BCUT2D eigenvalue weighted by Gasteiger charge is 2.28. The van der Waals surface area contributed by atoms with E-state index in [0.717, 1.165) is 11.3 Å². The lowest BCUT2D eigenvalue weighted by Crippen LogP contribution is -2.29. The molecule has 1 aromatic carbocycles. The molecule has 0 saturated carbocycles. The molecule has 6 heteroatoms. The molecular weight excluding hydrogens is 270 g/mol. The lowest BCUT2D eigenvalue weighted by atomic mass is 10.1. The SMILES string of the molecule is Cc1nn(C)cc1C(=O)N1CCc2cc(C(=O)O)ccc21. The molecule has 1 aromatic heterocycles. The topological polar surface area (TPSA) is 75.4 Å². The number of carboxylic acid groups (broad SMARTS) is 1. The number of carboxylic acids is 1. The van der Waals surface area contributed by atoms with Crippen LogP contribution in [0, 0.1) is 6.92 Å². The number of benzene rings is 1. The monoisotopic (exact) mass is 285 g/mol. The van der Waals surface area contributed by atoms with Crippen LogP contribution in [0.2, 0.25) is 0 Å². The molecular formula is C15H15N3O3. The first-order chi connectivity index (χ1) is 9.97. The molecule has 21 heavy (non-hydrogen) atoms. The van der Waals surface area contributed by atoms with E-state index in [1.165, 1.54) is 6.07 Å². The highest BCUT2D eigenvalue weighted by molar-refractivity contribution is 6.08. The number of anilines is 1. The molecule has 1 N–H and O–H groups in total. The predicted molar refractivity (Wildman–Crippen MR) is 76.7 cm³/mol. The Morgan fingerprint density at radius 3 is 2.71 bits per heavy atom. The third-order valence-electron chi connectivity index (χ3n) is 3.71. The van der Waals surface area contributed by atoms with Crippen LogP contribution in [0.4, 0.5) is 5.69 Å². The third-order valence-corrected chi connectivity index (χ3v) is 3.71. The van der Waals surface area contributed by atoms with Crippen LogP contribution in [-0.2, 0) is 13.5 Å². The Bertz CT molecular complexity index is 749. The molecule has 0 spiro atoms. The van der Waals surface area contributed by atoms with Crippen LogP contribution in [0.1, 0.15) is 32.0 Å². The van der Waals surface area contributed by atoms with Gasteiger partial charge < -0.3 is 10.0 Å². The zero-order valence-corrected chi connectivity index (χ0v) is 11.8. The molecule has 3 rings (SSSR count). The molecule has 0 unspecified atom stereocenters. The number of hydrogen-bond donors (Lipinski definition) is 1. The molecule has 0 aliphatic carbocycles. The van der Waals surface area contributed by atoms with Crippen LogP contribution in [0.3, 0.4) is 0 Å². The van der Waals surface area contributed by atoms with Crippen molar-refractivity contribution in [2.75, 3.05) is 11.4 Å². The van der Waals surface area contributed by atoms with Crippen molar-refractivity contribution in [1.82, 2.24) is 9.78 Å². The van der Waals surface area contributed by atoms with Crippen LogP contribution in [0.25, 0.3) is 0 Å². The highest BCUT2D eigenvalue weighted by atomic mass is 16.4. The molecule has 1 amide bonds. The van der Waals surface area contributed by atoms with Gasteiger partial charge in [0, 0.05) is 25.5 Å². The van der Waals surface area contributed by atoms with Gasteiger partial charge in [0.1, 0.15) is 0 Å². The van der Waals surface area contributed by atoms with Crippen LogP contribution in [0.5, 0.6) is 0 Å². The van der Waals surface area contributed by atoms with Crippen LogP contribution < -0.4 is 4.90 Å². The van der Waals surface area contributed by atoms with Crippen molar-refractivity contribution in [3.8, 4) is 0 Å². The molecule has 108 valence electrons. The first-order valence-electron chi connectivity index (χ1n) is 6.65. The smallest absolute Gasteiger partial charge is 0.335 e. The Labute approximate surface area is 121 Å². The summed E-state index contributed by atoms with van der Waals surface area (Å²) in [5.74, 6) is -1.05. The van der Waals surface area contributed by atoms with Crippen LogP contribution >= 0.6 is 0 Å². The summed E-state index contributed by atoms with van der Waals surface area (Å²) in [5, 5.41) is 13.2. The molecule has 6 nitrogen and oxygen atoms in total. The molecule has 1 aliphatic heterocycles. The fraction of sp³-hybridized carbons (Fsp3) is 0.267. The van der Waals surface area contributed by atoms with E-state index in [1.807, 2.05) is 0 Å². The second-order valence-electron chi connectivity index (χ2n) is 5.16. The molecule has 0 bridgehead atoms. The standard InChI is InChI=1S/C15H15N3O3/c1-9-12(8-17(2)16-9)14(19)18-6-5-10-7-11(15(20)21)3-4-13(10)18/h3-4,7-8H,5-6H2,1-2H3,(H,20,21). The fourth-order valence-electron chi connectivity index (χ4n) is 2.70. The molecule has 2 heterocycles. The summed E-state index contributed by atoms with van der Waals surface area (Å²) in [5.41, 5.74) is 3.20. The van der Waals surface area contributed by atoms with Gasteiger partial charge >= 0.3 is 5.97 Å². The number of hydrogen-bond acceptors (Lipinski definition) is 3. The molecule has 2 aromatic rings.